The number of thiocarbonyl (C=S) groups is 1. The highest BCUT2D eigenvalue weighted by Crippen LogP contribution is 2.21. The van der Waals surface area contributed by atoms with Gasteiger partial charge in [0.2, 0.25) is 5.91 Å². The monoisotopic (exact) mass is 438 g/mol. The Morgan fingerprint density at radius 3 is 2.32 bits per heavy atom. The summed E-state index contributed by atoms with van der Waals surface area (Å²) in [4.78, 5) is 28.8. The van der Waals surface area contributed by atoms with E-state index in [9.17, 15) is 9.59 Å². The number of carbonyl (C=O) groups excluding carboxylic acids is 2. The maximum atomic E-state index is 12.8. The molecule has 2 amide bonds. The van der Waals surface area contributed by atoms with E-state index in [1.165, 1.54) is 0 Å². The zero-order valence-electron chi connectivity index (χ0n) is 18.2. The van der Waals surface area contributed by atoms with E-state index in [0.29, 0.717) is 24.6 Å². The van der Waals surface area contributed by atoms with Crippen LogP contribution in [0.15, 0.2) is 48.5 Å². The van der Waals surface area contributed by atoms with Gasteiger partial charge in [0.25, 0.3) is 5.91 Å². The number of unbranched alkanes of at least 4 members (excludes halogenated alkanes) is 1. The van der Waals surface area contributed by atoms with Crippen LogP contribution >= 0.6 is 12.2 Å². The van der Waals surface area contributed by atoms with Crippen LogP contribution in [0.1, 0.15) is 42.1 Å². The summed E-state index contributed by atoms with van der Waals surface area (Å²) in [5.41, 5.74) is 3.73. The smallest absolute Gasteiger partial charge is 0.254 e. The Balaban J connectivity index is 1.50. The molecule has 2 aromatic carbocycles. The number of hydrogen-bond donors (Lipinski definition) is 2. The number of rotatable bonds is 6. The Hall–Kier alpha value is -2.93. The lowest BCUT2D eigenvalue weighted by molar-refractivity contribution is -0.119. The minimum atomic E-state index is -0.0610. The first-order chi connectivity index (χ1) is 15.0. The molecule has 0 aliphatic carbocycles. The molecular weight excluding hydrogens is 408 g/mol. The summed E-state index contributed by atoms with van der Waals surface area (Å²) in [6.45, 7) is 6.99. The maximum Gasteiger partial charge on any atom is 0.254 e. The molecule has 0 spiro atoms. The van der Waals surface area contributed by atoms with E-state index in [1.54, 1.807) is 0 Å². The van der Waals surface area contributed by atoms with Crippen molar-refractivity contribution in [3.63, 3.8) is 0 Å². The van der Waals surface area contributed by atoms with Gasteiger partial charge in [-0.05, 0) is 61.5 Å². The zero-order chi connectivity index (χ0) is 22.2. The normalized spacial score (nSPS) is 13.6. The third-order valence-electron chi connectivity index (χ3n) is 5.44. The molecule has 0 radical (unpaired) electrons. The van der Waals surface area contributed by atoms with Gasteiger partial charge >= 0.3 is 0 Å². The fourth-order valence-electron chi connectivity index (χ4n) is 3.60. The van der Waals surface area contributed by atoms with E-state index in [1.807, 2.05) is 67.3 Å². The molecule has 0 atom stereocenters. The number of nitrogens with one attached hydrogen (secondary N) is 2. The molecule has 0 saturated carbocycles. The van der Waals surface area contributed by atoms with Gasteiger partial charge in [-0.2, -0.15) is 0 Å². The summed E-state index contributed by atoms with van der Waals surface area (Å²) in [5.74, 6) is 0.0425. The van der Waals surface area contributed by atoms with E-state index < -0.39 is 0 Å². The van der Waals surface area contributed by atoms with Crippen molar-refractivity contribution in [2.24, 2.45) is 0 Å². The van der Waals surface area contributed by atoms with Gasteiger partial charge in [-0.25, -0.2) is 0 Å². The maximum absolute atomic E-state index is 12.8. The van der Waals surface area contributed by atoms with E-state index in [4.69, 9.17) is 12.2 Å². The summed E-state index contributed by atoms with van der Waals surface area (Å²) in [7, 11) is 0. The van der Waals surface area contributed by atoms with Crippen LogP contribution in [0.2, 0.25) is 0 Å². The summed E-state index contributed by atoms with van der Waals surface area (Å²) in [6, 6.07) is 15.7. The number of benzene rings is 2. The summed E-state index contributed by atoms with van der Waals surface area (Å²) >= 11 is 5.22. The molecule has 1 heterocycles. The highest BCUT2D eigenvalue weighted by Gasteiger charge is 2.23. The van der Waals surface area contributed by atoms with Crippen LogP contribution in [0.3, 0.4) is 0 Å². The van der Waals surface area contributed by atoms with Crippen LogP contribution < -0.4 is 15.5 Å². The molecular formula is C24H30N4O2S. The SMILES string of the molecule is CCCCC(=O)NC(=S)Nc1ccc(N2CCN(C(=O)c3ccccc3C)CC2)cc1. The Morgan fingerprint density at radius 1 is 1.00 bits per heavy atom. The number of nitrogens with zero attached hydrogens (tertiary/aromatic N) is 2. The van der Waals surface area contributed by atoms with E-state index in [2.05, 4.69) is 15.5 Å². The van der Waals surface area contributed by atoms with Gasteiger partial charge < -0.3 is 20.4 Å². The van der Waals surface area contributed by atoms with Crippen molar-refractivity contribution >= 4 is 40.5 Å². The number of carbonyl (C=O) groups is 2. The molecule has 1 saturated heterocycles. The Kier molecular flexibility index (Phi) is 8.00. The molecule has 0 aromatic heterocycles. The average molecular weight is 439 g/mol. The zero-order valence-corrected chi connectivity index (χ0v) is 19.0. The lowest BCUT2D eigenvalue weighted by atomic mass is 10.1. The van der Waals surface area contributed by atoms with Crippen molar-refractivity contribution in [3.05, 3.63) is 59.7 Å². The van der Waals surface area contributed by atoms with Gasteiger partial charge in [0.15, 0.2) is 5.11 Å². The lowest BCUT2D eigenvalue weighted by Gasteiger charge is -2.36. The minimum absolute atomic E-state index is 0.0610. The van der Waals surface area contributed by atoms with Crippen LogP contribution in [0.4, 0.5) is 11.4 Å². The fraction of sp³-hybridized carbons (Fsp3) is 0.375. The molecule has 6 nitrogen and oxygen atoms in total. The molecule has 2 aromatic rings. The number of aryl methyl sites for hydroxylation is 1. The van der Waals surface area contributed by atoms with Gasteiger partial charge in [-0.3, -0.25) is 9.59 Å². The molecule has 31 heavy (non-hydrogen) atoms. The molecule has 1 aliphatic rings. The van der Waals surface area contributed by atoms with Crippen LogP contribution in [-0.4, -0.2) is 48.0 Å². The second-order valence-electron chi connectivity index (χ2n) is 7.75. The molecule has 2 N–H and O–H groups in total. The number of amides is 2. The first-order valence-electron chi connectivity index (χ1n) is 10.8. The predicted molar refractivity (Wildman–Crippen MR) is 130 cm³/mol. The van der Waals surface area contributed by atoms with Crippen LogP contribution in [0.5, 0.6) is 0 Å². The van der Waals surface area contributed by atoms with E-state index in [0.717, 1.165) is 48.4 Å². The van der Waals surface area contributed by atoms with Gasteiger partial charge in [0, 0.05) is 49.5 Å². The molecule has 3 rings (SSSR count). The Morgan fingerprint density at radius 2 is 1.68 bits per heavy atom. The molecule has 0 unspecified atom stereocenters. The third-order valence-corrected chi connectivity index (χ3v) is 5.65. The first-order valence-corrected chi connectivity index (χ1v) is 11.2. The van der Waals surface area contributed by atoms with E-state index >= 15 is 0 Å². The van der Waals surface area contributed by atoms with Crippen molar-refractivity contribution in [1.82, 2.24) is 10.2 Å². The highest BCUT2D eigenvalue weighted by atomic mass is 32.1. The highest BCUT2D eigenvalue weighted by molar-refractivity contribution is 7.80. The average Bonchev–Trinajstić information content (AvgIpc) is 2.78. The standard InChI is InChI=1S/C24H30N4O2S/c1-3-4-9-22(29)26-24(31)25-19-10-12-20(13-11-19)27-14-16-28(17-15-27)23(30)21-8-6-5-7-18(21)2/h5-8,10-13H,3-4,9,14-17H2,1-2H3,(H2,25,26,29,31). The summed E-state index contributed by atoms with van der Waals surface area (Å²) in [6.07, 6.45) is 2.31. The van der Waals surface area contributed by atoms with Gasteiger partial charge in [-0.15, -0.1) is 0 Å². The van der Waals surface area contributed by atoms with Gasteiger partial charge in [0.05, 0.1) is 0 Å². The molecule has 7 heteroatoms. The predicted octanol–water partition coefficient (Wildman–Crippen LogP) is 3.96. The Labute approximate surface area is 189 Å². The van der Waals surface area contributed by atoms with Gasteiger partial charge in [0.1, 0.15) is 0 Å². The second-order valence-corrected chi connectivity index (χ2v) is 8.16. The van der Waals surface area contributed by atoms with Crippen molar-refractivity contribution in [1.29, 1.82) is 0 Å². The molecule has 1 fully saturated rings. The third kappa shape index (κ3) is 6.28. The Bertz CT molecular complexity index is 921. The fourth-order valence-corrected chi connectivity index (χ4v) is 3.83. The largest absolute Gasteiger partial charge is 0.368 e. The topological polar surface area (TPSA) is 64.7 Å². The molecule has 164 valence electrons. The van der Waals surface area contributed by atoms with Crippen LogP contribution in [0, 0.1) is 6.92 Å². The van der Waals surface area contributed by atoms with Crippen molar-refractivity contribution in [2.45, 2.75) is 33.1 Å². The second kappa shape index (κ2) is 10.9. The van der Waals surface area contributed by atoms with Crippen LogP contribution in [-0.2, 0) is 4.79 Å². The summed E-state index contributed by atoms with van der Waals surface area (Å²) < 4.78 is 0. The number of anilines is 2. The minimum Gasteiger partial charge on any atom is -0.368 e. The quantitative estimate of drug-likeness (QED) is 0.669. The van der Waals surface area contributed by atoms with Crippen molar-refractivity contribution < 1.29 is 9.59 Å². The number of hydrogen-bond acceptors (Lipinski definition) is 4. The van der Waals surface area contributed by atoms with Gasteiger partial charge in [-0.1, -0.05) is 31.5 Å². The van der Waals surface area contributed by atoms with Crippen molar-refractivity contribution in [3.8, 4) is 0 Å². The summed E-state index contributed by atoms with van der Waals surface area (Å²) in [5, 5.41) is 6.08. The van der Waals surface area contributed by atoms with Crippen LogP contribution in [0.25, 0.3) is 0 Å². The van der Waals surface area contributed by atoms with E-state index in [-0.39, 0.29) is 11.8 Å². The molecule has 0 bridgehead atoms. The number of piperazine rings is 1. The van der Waals surface area contributed by atoms with Crippen molar-refractivity contribution in [2.75, 3.05) is 36.4 Å². The first kappa shape index (κ1) is 22.7. The lowest BCUT2D eigenvalue weighted by Crippen LogP contribution is -2.48. The molecule has 1 aliphatic heterocycles.